The van der Waals surface area contributed by atoms with E-state index in [0.29, 0.717) is 13.2 Å². The van der Waals surface area contributed by atoms with Crippen LogP contribution in [0.4, 0.5) is 4.79 Å². The van der Waals surface area contributed by atoms with Crippen molar-refractivity contribution in [1.29, 1.82) is 0 Å². The van der Waals surface area contributed by atoms with Crippen LogP contribution < -0.4 is 0 Å². The van der Waals surface area contributed by atoms with Gasteiger partial charge in [0.05, 0.1) is 25.2 Å². The average Bonchev–Trinajstić information content (AvgIpc) is 3.22. The third-order valence-electron chi connectivity index (χ3n) is 7.93. The molecule has 0 N–H and O–H groups in total. The SMILES string of the molecule is CC1(C)OC[C@H]([C@@H](O[Si](C)(C)C(C)(C)C)[C@@H]2CN(Cc3ccccc3)C(=O)N(Cc3ccccc3)C2=O)O1. The van der Waals surface area contributed by atoms with Crippen molar-refractivity contribution in [2.24, 2.45) is 5.92 Å². The Bertz CT molecular complexity index is 1120. The molecule has 3 amide bonds. The lowest BCUT2D eigenvalue weighted by molar-refractivity contribution is -0.163. The van der Waals surface area contributed by atoms with E-state index in [-0.39, 0.29) is 30.1 Å². The molecule has 7 nitrogen and oxygen atoms in total. The van der Waals surface area contributed by atoms with E-state index in [1.165, 1.54) is 4.90 Å². The quantitative estimate of drug-likeness (QED) is 0.397. The van der Waals surface area contributed by atoms with Gasteiger partial charge in [-0.3, -0.25) is 9.69 Å². The molecule has 0 bridgehead atoms. The normalized spacial score (nSPS) is 23.1. The van der Waals surface area contributed by atoms with Crippen LogP contribution in [0.5, 0.6) is 0 Å². The summed E-state index contributed by atoms with van der Waals surface area (Å²) in [6, 6.07) is 19.2. The molecule has 206 valence electrons. The average molecular weight is 539 g/mol. The van der Waals surface area contributed by atoms with Crippen LogP contribution in [0.2, 0.25) is 18.1 Å². The van der Waals surface area contributed by atoms with Gasteiger partial charge in [-0.1, -0.05) is 81.4 Å². The number of carbonyl (C=O) groups is 2. The fourth-order valence-corrected chi connectivity index (χ4v) is 6.11. The Balaban J connectivity index is 1.71. The van der Waals surface area contributed by atoms with E-state index in [2.05, 4.69) is 33.9 Å². The first-order chi connectivity index (χ1) is 17.8. The molecule has 0 radical (unpaired) electrons. The van der Waals surface area contributed by atoms with E-state index in [4.69, 9.17) is 13.9 Å². The molecule has 3 atom stereocenters. The molecule has 0 aliphatic carbocycles. The number of rotatable bonds is 8. The lowest BCUT2D eigenvalue weighted by atomic mass is 9.93. The fraction of sp³-hybridized carbons (Fsp3) is 0.533. The van der Waals surface area contributed by atoms with E-state index in [1.807, 2.05) is 74.5 Å². The van der Waals surface area contributed by atoms with Crippen LogP contribution in [0.15, 0.2) is 60.7 Å². The lowest BCUT2D eigenvalue weighted by Gasteiger charge is -2.46. The largest absolute Gasteiger partial charge is 0.410 e. The smallest absolute Gasteiger partial charge is 0.327 e. The Hall–Kier alpha value is -2.52. The van der Waals surface area contributed by atoms with Gasteiger partial charge in [-0.2, -0.15) is 0 Å². The third kappa shape index (κ3) is 6.37. The van der Waals surface area contributed by atoms with Crippen LogP contribution in [0.1, 0.15) is 45.7 Å². The standard InChI is InChI=1S/C30H42N2O5Si/c1-29(2,3)38(6,7)37-26(25-21-35-30(4,5)36-25)24-20-31(18-22-14-10-8-11-15-22)28(34)32(27(24)33)19-23-16-12-9-13-17-23/h8-17,24-26H,18-21H2,1-7H3/t24-,25+,26-/m0/s1. The van der Waals surface area contributed by atoms with Gasteiger partial charge in [-0.25, -0.2) is 4.79 Å². The topological polar surface area (TPSA) is 68.3 Å². The summed E-state index contributed by atoms with van der Waals surface area (Å²) in [6.07, 6.45) is -0.965. The van der Waals surface area contributed by atoms with Gasteiger partial charge in [-0.05, 0) is 43.1 Å². The lowest BCUT2D eigenvalue weighted by Crippen LogP contribution is -2.62. The minimum atomic E-state index is -2.31. The number of hydrogen-bond donors (Lipinski definition) is 0. The zero-order valence-electron chi connectivity index (χ0n) is 23.8. The maximum Gasteiger partial charge on any atom is 0.327 e. The third-order valence-corrected chi connectivity index (χ3v) is 12.4. The molecule has 0 spiro atoms. The molecule has 2 aromatic carbocycles. The van der Waals surface area contributed by atoms with Gasteiger partial charge in [0.2, 0.25) is 5.91 Å². The van der Waals surface area contributed by atoms with Crippen molar-refractivity contribution in [3.05, 3.63) is 71.8 Å². The number of ether oxygens (including phenoxy) is 2. The molecule has 2 aliphatic heterocycles. The van der Waals surface area contributed by atoms with Crippen molar-refractivity contribution in [1.82, 2.24) is 9.80 Å². The molecule has 2 aromatic rings. The first kappa shape index (κ1) is 28.5. The highest BCUT2D eigenvalue weighted by atomic mass is 28.4. The van der Waals surface area contributed by atoms with Gasteiger partial charge in [0.1, 0.15) is 6.10 Å². The highest BCUT2D eigenvalue weighted by Gasteiger charge is 2.52. The van der Waals surface area contributed by atoms with Crippen molar-refractivity contribution in [3.63, 3.8) is 0 Å². The van der Waals surface area contributed by atoms with Gasteiger partial charge in [0.25, 0.3) is 0 Å². The van der Waals surface area contributed by atoms with E-state index >= 15 is 0 Å². The summed E-state index contributed by atoms with van der Waals surface area (Å²) in [6.45, 7) is 15.9. The highest BCUT2D eigenvalue weighted by Crippen LogP contribution is 2.41. The first-order valence-corrected chi connectivity index (χ1v) is 16.4. The summed E-state index contributed by atoms with van der Waals surface area (Å²) in [5.41, 5.74) is 1.91. The van der Waals surface area contributed by atoms with Crippen LogP contribution in [0, 0.1) is 5.92 Å². The van der Waals surface area contributed by atoms with Crippen molar-refractivity contribution >= 4 is 20.3 Å². The molecule has 2 saturated heterocycles. The summed E-state index contributed by atoms with van der Waals surface area (Å²) in [5, 5.41) is -0.0682. The van der Waals surface area contributed by atoms with Crippen LogP contribution in [0.25, 0.3) is 0 Å². The van der Waals surface area contributed by atoms with E-state index < -0.39 is 32.2 Å². The Morgan fingerprint density at radius 1 is 0.974 bits per heavy atom. The maximum atomic E-state index is 14.2. The summed E-state index contributed by atoms with van der Waals surface area (Å²) in [4.78, 5) is 31.0. The van der Waals surface area contributed by atoms with E-state index in [9.17, 15) is 9.59 Å². The van der Waals surface area contributed by atoms with Crippen LogP contribution in [0.3, 0.4) is 0 Å². The molecule has 2 aliphatic rings. The summed E-state index contributed by atoms with van der Waals surface area (Å²) in [5.74, 6) is -1.57. The number of amides is 3. The predicted octanol–water partition coefficient (Wildman–Crippen LogP) is 5.81. The Kier molecular flexibility index (Phi) is 8.19. The molecule has 2 heterocycles. The Labute approximate surface area is 228 Å². The minimum absolute atomic E-state index is 0.0682. The van der Waals surface area contributed by atoms with Crippen molar-refractivity contribution in [2.75, 3.05) is 13.2 Å². The second-order valence-electron chi connectivity index (χ2n) is 12.4. The zero-order valence-corrected chi connectivity index (χ0v) is 24.8. The summed E-state index contributed by atoms with van der Waals surface area (Å²) < 4.78 is 19.2. The highest BCUT2D eigenvalue weighted by molar-refractivity contribution is 6.74. The van der Waals surface area contributed by atoms with Crippen LogP contribution in [-0.4, -0.2) is 61.2 Å². The molecule has 8 heteroatoms. The Morgan fingerprint density at radius 2 is 1.53 bits per heavy atom. The number of urea groups is 1. The predicted molar refractivity (Wildman–Crippen MR) is 150 cm³/mol. The van der Waals surface area contributed by atoms with Crippen LogP contribution >= 0.6 is 0 Å². The second-order valence-corrected chi connectivity index (χ2v) is 17.1. The van der Waals surface area contributed by atoms with Gasteiger partial charge in [0.15, 0.2) is 14.1 Å². The van der Waals surface area contributed by atoms with Gasteiger partial charge >= 0.3 is 6.03 Å². The zero-order chi connectivity index (χ0) is 27.7. The van der Waals surface area contributed by atoms with Gasteiger partial charge < -0.3 is 18.8 Å². The molecular formula is C30H42N2O5Si. The number of hydrogen-bond acceptors (Lipinski definition) is 5. The minimum Gasteiger partial charge on any atom is -0.410 e. The number of carbonyl (C=O) groups excluding carboxylic acids is 2. The molecule has 2 fully saturated rings. The molecule has 0 aromatic heterocycles. The molecular weight excluding hydrogens is 496 g/mol. The second kappa shape index (κ2) is 10.9. The number of benzene rings is 2. The Morgan fingerprint density at radius 3 is 2.03 bits per heavy atom. The first-order valence-electron chi connectivity index (χ1n) is 13.5. The molecule has 0 unspecified atom stereocenters. The number of imide groups is 1. The van der Waals surface area contributed by atoms with Crippen molar-refractivity contribution < 1.29 is 23.5 Å². The monoisotopic (exact) mass is 538 g/mol. The fourth-order valence-electron chi connectivity index (χ4n) is 4.76. The van der Waals surface area contributed by atoms with E-state index in [0.717, 1.165) is 11.1 Å². The maximum absolute atomic E-state index is 14.2. The molecule has 0 saturated carbocycles. The molecule has 4 rings (SSSR count). The van der Waals surface area contributed by atoms with Crippen molar-refractivity contribution in [2.45, 2.75) is 83.8 Å². The van der Waals surface area contributed by atoms with Crippen molar-refractivity contribution in [3.8, 4) is 0 Å². The number of nitrogens with zero attached hydrogens (tertiary/aromatic N) is 2. The summed E-state index contributed by atoms with van der Waals surface area (Å²) >= 11 is 0. The van der Waals surface area contributed by atoms with E-state index in [1.54, 1.807) is 4.90 Å². The molecule has 38 heavy (non-hydrogen) atoms. The summed E-state index contributed by atoms with van der Waals surface area (Å²) in [7, 11) is -2.31. The van der Waals surface area contributed by atoms with Gasteiger partial charge in [0, 0.05) is 13.1 Å². The van der Waals surface area contributed by atoms with Gasteiger partial charge in [-0.15, -0.1) is 0 Å². The van der Waals surface area contributed by atoms with Crippen LogP contribution in [-0.2, 0) is 31.8 Å².